The van der Waals surface area contributed by atoms with Gasteiger partial charge in [-0.05, 0) is 18.8 Å². The number of rotatable bonds is 22. The lowest BCUT2D eigenvalue weighted by atomic mass is 9.85. The molecule has 2 heteroatoms. The van der Waals surface area contributed by atoms with Gasteiger partial charge in [0.2, 0.25) is 0 Å². The molecule has 0 aliphatic heterocycles. The highest BCUT2D eigenvalue weighted by Gasteiger charge is 2.23. The van der Waals surface area contributed by atoms with Gasteiger partial charge in [-0.15, -0.1) is 0 Å². The van der Waals surface area contributed by atoms with E-state index in [4.69, 9.17) is 0 Å². The third-order valence-electron chi connectivity index (χ3n) is 6.39. The van der Waals surface area contributed by atoms with Gasteiger partial charge in [-0.3, -0.25) is 4.79 Å². The molecule has 0 bridgehead atoms. The van der Waals surface area contributed by atoms with E-state index in [-0.39, 0.29) is 5.92 Å². The molecule has 0 spiro atoms. The summed E-state index contributed by atoms with van der Waals surface area (Å²) in [5.74, 6) is -0.363. The first kappa shape index (κ1) is 27.5. The van der Waals surface area contributed by atoms with Crippen molar-refractivity contribution in [2.45, 2.75) is 149 Å². The second-order valence-corrected chi connectivity index (χ2v) is 9.16. The van der Waals surface area contributed by atoms with Crippen LogP contribution in [0.3, 0.4) is 0 Å². The van der Waals surface area contributed by atoms with Gasteiger partial charge in [0.05, 0.1) is 5.92 Å². The molecule has 0 amide bonds. The molecule has 0 aliphatic rings. The van der Waals surface area contributed by atoms with Crippen LogP contribution in [0.5, 0.6) is 0 Å². The second-order valence-electron chi connectivity index (χ2n) is 9.16. The van der Waals surface area contributed by atoms with Crippen LogP contribution < -0.4 is 0 Å². The first-order valence-electron chi connectivity index (χ1n) is 12.9. The van der Waals surface area contributed by atoms with E-state index in [0.717, 1.165) is 19.3 Å². The predicted molar refractivity (Wildman–Crippen MR) is 124 cm³/mol. The van der Waals surface area contributed by atoms with E-state index in [1.165, 1.54) is 109 Å². The third-order valence-corrected chi connectivity index (χ3v) is 6.39. The largest absolute Gasteiger partial charge is 0.481 e. The molecule has 0 fully saturated rings. The molecule has 2 atom stereocenters. The molecule has 0 aromatic heterocycles. The van der Waals surface area contributed by atoms with Crippen LogP contribution >= 0.6 is 0 Å². The Kier molecular flexibility index (Phi) is 20.8. The lowest BCUT2D eigenvalue weighted by Gasteiger charge is -2.20. The van der Waals surface area contributed by atoms with Crippen molar-refractivity contribution in [1.29, 1.82) is 0 Å². The summed E-state index contributed by atoms with van der Waals surface area (Å²) in [5.41, 5.74) is 0. The van der Waals surface area contributed by atoms with Crippen LogP contribution in [-0.4, -0.2) is 11.1 Å². The molecule has 168 valence electrons. The van der Waals surface area contributed by atoms with Crippen LogP contribution in [0.15, 0.2) is 0 Å². The van der Waals surface area contributed by atoms with Crippen molar-refractivity contribution < 1.29 is 9.90 Å². The SMILES string of the molecule is CCCCCCCCCCCCC(C(=O)O)C(C)CCCCCCCCCC. The molecule has 0 aliphatic carbocycles. The number of aliphatic carboxylic acids is 1. The van der Waals surface area contributed by atoms with Gasteiger partial charge in [-0.25, -0.2) is 0 Å². The zero-order chi connectivity index (χ0) is 20.9. The Labute approximate surface area is 177 Å². The van der Waals surface area contributed by atoms with Crippen LogP contribution in [0.25, 0.3) is 0 Å². The average Bonchev–Trinajstić information content (AvgIpc) is 2.67. The summed E-state index contributed by atoms with van der Waals surface area (Å²) >= 11 is 0. The Bertz CT molecular complexity index is 326. The zero-order valence-electron chi connectivity index (χ0n) is 19.7. The number of carbonyl (C=O) groups is 1. The lowest BCUT2D eigenvalue weighted by Crippen LogP contribution is -2.21. The molecule has 2 nitrogen and oxygen atoms in total. The van der Waals surface area contributed by atoms with E-state index in [1.807, 2.05) is 0 Å². The topological polar surface area (TPSA) is 37.3 Å². The molecule has 1 N–H and O–H groups in total. The summed E-state index contributed by atoms with van der Waals surface area (Å²) in [6.45, 7) is 6.69. The molecule has 28 heavy (non-hydrogen) atoms. The van der Waals surface area contributed by atoms with Crippen molar-refractivity contribution in [2.24, 2.45) is 11.8 Å². The zero-order valence-corrected chi connectivity index (χ0v) is 19.7. The van der Waals surface area contributed by atoms with E-state index in [9.17, 15) is 9.90 Å². The molecule has 0 rings (SSSR count). The fourth-order valence-electron chi connectivity index (χ4n) is 4.30. The summed E-state index contributed by atoms with van der Waals surface area (Å²) in [5, 5.41) is 9.61. The van der Waals surface area contributed by atoms with Gasteiger partial charge in [0.1, 0.15) is 0 Å². The minimum Gasteiger partial charge on any atom is -0.481 e. The van der Waals surface area contributed by atoms with Gasteiger partial charge in [0.25, 0.3) is 0 Å². The van der Waals surface area contributed by atoms with E-state index >= 15 is 0 Å². The first-order valence-corrected chi connectivity index (χ1v) is 12.9. The van der Waals surface area contributed by atoms with Crippen molar-refractivity contribution in [3.05, 3.63) is 0 Å². The number of carboxylic acid groups (broad SMARTS) is 1. The highest BCUT2D eigenvalue weighted by molar-refractivity contribution is 5.70. The quantitative estimate of drug-likeness (QED) is 0.185. The number of carboxylic acids is 1. The normalized spacial score (nSPS) is 13.5. The molecular weight excluding hydrogens is 344 g/mol. The van der Waals surface area contributed by atoms with Gasteiger partial charge in [0.15, 0.2) is 0 Å². The molecule has 0 saturated carbocycles. The standard InChI is InChI=1S/C26H52O2/c1-4-6-8-10-12-14-15-17-19-21-23-25(26(27)28)24(3)22-20-18-16-13-11-9-7-5-2/h24-25H,4-23H2,1-3H3,(H,27,28). The van der Waals surface area contributed by atoms with Crippen molar-refractivity contribution in [3.8, 4) is 0 Å². The minimum absolute atomic E-state index is 0.126. The molecule has 0 heterocycles. The lowest BCUT2D eigenvalue weighted by molar-refractivity contribution is -0.143. The molecule has 0 aromatic rings. The van der Waals surface area contributed by atoms with E-state index in [1.54, 1.807) is 0 Å². The number of hydrogen-bond donors (Lipinski definition) is 1. The fourth-order valence-corrected chi connectivity index (χ4v) is 4.30. The summed E-state index contributed by atoms with van der Waals surface area (Å²) in [6, 6.07) is 0. The van der Waals surface area contributed by atoms with Gasteiger partial charge in [-0.1, -0.05) is 136 Å². The van der Waals surface area contributed by atoms with E-state index < -0.39 is 5.97 Å². The Morgan fingerprint density at radius 3 is 1.25 bits per heavy atom. The van der Waals surface area contributed by atoms with Gasteiger partial charge >= 0.3 is 5.97 Å². The Morgan fingerprint density at radius 2 is 0.893 bits per heavy atom. The van der Waals surface area contributed by atoms with Gasteiger partial charge < -0.3 is 5.11 Å². The second kappa shape index (κ2) is 21.2. The van der Waals surface area contributed by atoms with E-state index in [2.05, 4.69) is 20.8 Å². The van der Waals surface area contributed by atoms with Gasteiger partial charge in [0, 0.05) is 0 Å². The van der Waals surface area contributed by atoms with Crippen LogP contribution in [-0.2, 0) is 4.79 Å². The van der Waals surface area contributed by atoms with Crippen molar-refractivity contribution >= 4 is 5.97 Å². The Hall–Kier alpha value is -0.530. The first-order chi connectivity index (χ1) is 13.6. The monoisotopic (exact) mass is 396 g/mol. The fraction of sp³-hybridized carbons (Fsp3) is 0.962. The molecule has 0 saturated heterocycles. The minimum atomic E-state index is -0.567. The summed E-state index contributed by atoms with van der Waals surface area (Å²) in [4.78, 5) is 11.7. The molecular formula is C26H52O2. The number of hydrogen-bond acceptors (Lipinski definition) is 1. The summed E-state index contributed by atoms with van der Waals surface area (Å²) in [7, 11) is 0. The molecule has 0 aromatic carbocycles. The van der Waals surface area contributed by atoms with Crippen molar-refractivity contribution in [3.63, 3.8) is 0 Å². The van der Waals surface area contributed by atoms with Crippen LogP contribution in [0.4, 0.5) is 0 Å². The van der Waals surface area contributed by atoms with Crippen LogP contribution in [0.1, 0.15) is 149 Å². The Morgan fingerprint density at radius 1 is 0.571 bits per heavy atom. The Balaban J connectivity index is 3.66. The summed E-state index contributed by atoms with van der Waals surface area (Å²) in [6.07, 6.45) is 25.7. The van der Waals surface area contributed by atoms with Crippen LogP contribution in [0, 0.1) is 11.8 Å². The maximum Gasteiger partial charge on any atom is 0.306 e. The molecule has 2 unspecified atom stereocenters. The van der Waals surface area contributed by atoms with E-state index in [0.29, 0.717) is 5.92 Å². The summed E-state index contributed by atoms with van der Waals surface area (Å²) < 4.78 is 0. The average molecular weight is 397 g/mol. The van der Waals surface area contributed by atoms with Crippen molar-refractivity contribution in [1.82, 2.24) is 0 Å². The predicted octanol–water partition coefficient (Wildman–Crippen LogP) is 9.17. The maximum atomic E-state index is 11.7. The highest BCUT2D eigenvalue weighted by atomic mass is 16.4. The third kappa shape index (κ3) is 17.6. The highest BCUT2D eigenvalue weighted by Crippen LogP contribution is 2.25. The van der Waals surface area contributed by atoms with Crippen molar-refractivity contribution in [2.75, 3.05) is 0 Å². The number of unbranched alkanes of at least 4 members (excludes halogenated alkanes) is 16. The smallest absolute Gasteiger partial charge is 0.306 e. The molecule has 0 radical (unpaired) electrons. The van der Waals surface area contributed by atoms with Gasteiger partial charge in [-0.2, -0.15) is 0 Å². The van der Waals surface area contributed by atoms with Crippen LogP contribution in [0.2, 0.25) is 0 Å². The maximum absolute atomic E-state index is 11.7.